The molecule has 8 heteroatoms. The number of benzene rings is 3. The summed E-state index contributed by atoms with van der Waals surface area (Å²) >= 11 is 4.84. The predicted molar refractivity (Wildman–Crippen MR) is 162 cm³/mol. The van der Waals surface area contributed by atoms with Gasteiger partial charge in [0.2, 0.25) is 0 Å². The maximum atomic E-state index is 14.0. The topological polar surface area (TPSA) is 65.6 Å². The van der Waals surface area contributed by atoms with Crippen molar-refractivity contribution in [1.82, 2.24) is 9.13 Å². The van der Waals surface area contributed by atoms with Crippen LogP contribution in [0.25, 0.3) is 17.0 Å². The van der Waals surface area contributed by atoms with E-state index < -0.39 is 12.0 Å². The fraction of sp³-hybridized carbons (Fsp3) is 0.156. The Morgan fingerprint density at radius 1 is 1.05 bits per heavy atom. The summed E-state index contributed by atoms with van der Waals surface area (Å²) in [5, 5.41) is 1.06. The minimum atomic E-state index is -0.614. The Hall–Kier alpha value is -4.01. The number of hydrogen-bond donors (Lipinski definition) is 0. The molecule has 0 fully saturated rings. The molecule has 0 radical (unpaired) electrons. The van der Waals surface area contributed by atoms with Crippen molar-refractivity contribution in [1.29, 1.82) is 0 Å². The molecular weight excluding hydrogens is 586 g/mol. The molecule has 6 rings (SSSR count). The second-order valence-electron chi connectivity index (χ2n) is 9.57. The number of halogens is 1. The van der Waals surface area contributed by atoms with Gasteiger partial charge in [0.25, 0.3) is 5.56 Å². The van der Waals surface area contributed by atoms with Crippen LogP contribution in [0.1, 0.15) is 36.6 Å². The maximum absolute atomic E-state index is 14.0. The summed E-state index contributed by atoms with van der Waals surface area (Å²) in [6.45, 7) is 4.52. The lowest BCUT2D eigenvalue weighted by Gasteiger charge is -2.24. The number of aromatic nitrogens is 2. The van der Waals surface area contributed by atoms with Gasteiger partial charge in [-0.3, -0.25) is 9.36 Å². The number of fused-ring (bicyclic) bond motifs is 2. The molecule has 1 atom stereocenters. The van der Waals surface area contributed by atoms with E-state index in [1.807, 2.05) is 60.7 Å². The average Bonchev–Trinajstić information content (AvgIpc) is 3.46. The van der Waals surface area contributed by atoms with E-state index in [0.29, 0.717) is 27.1 Å². The number of carbonyl (C=O) groups is 1. The minimum absolute atomic E-state index is 0.184. The molecule has 1 aliphatic rings. The summed E-state index contributed by atoms with van der Waals surface area (Å²) in [5.74, 6) is -0.456. The Kier molecular flexibility index (Phi) is 7.12. The largest absolute Gasteiger partial charge is 0.463 e. The zero-order valence-electron chi connectivity index (χ0n) is 22.0. The van der Waals surface area contributed by atoms with Crippen LogP contribution >= 0.6 is 27.3 Å². The highest BCUT2D eigenvalue weighted by molar-refractivity contribution is 9.10. The van der Waals surface area contributed by atoms with Gasteiger partial charge in [0.1, 0.15) is 0 Å². The zero-order valence-corrected chi connectivity index (χ0v) is 24.4. The molecule has 200 valence electrons. The van der Waals surface area contributed by atoms with Gasteiger partial charge in [0.05, 0.1) is 28.5 Å². The van der Waals surface area contributed by atoms with Crippen molar-refractivity contribution < 1.29 is 9.53 Å². The highest BCUT2D eigenvalue weighted by Crippen LogP contribution is 2.30. The third-order valence-corrected chi connectivity index (χ3v) is 8.52. The first-order chi connectivity index (χ1) is 19.4. The van der Waals surface area contributed by atoms with Gasteiger partial charge < -0.3 is 9.30 Å². The number of ether oxygens (including phenoxy) is 1. The standard InChI is InChI=1S/C32H26BrN3O3S/c1-3-39-31(38)28-20(2)34-32-36(29(28)22-9-5-4-6-10-22)30(37)27(40-32)17-23-19-35(26-12-8-7-11-25(23)26)18-21-13-15-24(33)16-14-21/h4-17,19,29H,3,18H2,1-2H3/b27-17+/t29-/m1/s1. The van der Waals surface area contributed by atoms with Crippen molar-refractivity contribution in [3.8, 4) is 0 Å². The molecule has 40 heavy (non-hydrogen) atoms. The summed E-state index contributed by atoms with van der Waals surface area (Å²) in [5.41, 5.74) is 4.82. The number of para-hydroxylation sites is 1. The van der Waals surface area contributed by atoms with Gasteiger partial charge in [-0.05, 0) is 49.2 Å². The Balaban J connectivity index is 1.50. The Morgan fingerprint density at radius 2 is 1.77 bits per heavy atom. The van der Waals surface area contributed by atoms with Crippen LogP contribution in [0.4, 0.5) is 0 Å². The molecule has 1 aliphatic heterocycles. The van der Waals surface area contributed by atoms with Gasteiger partial charge in [-0.25, -0.2) is 9.79 Å². The average molecular weight is 613 g/mol. The number of esters is 1. The maximum Gasteiger partial charge on any atom is 0.338 e. The number of rotatable bonds is 6. The lowest BCUT2D eigenvalue weighted by atomic mass is 9.96. The molecule has 0 amide bonds. The third-order valence-electron chi connectivity index (χ3n) is 7.00. The molecule has 0 unspecified atom stereocenters. The third kappa shape index (κ3) is 4.78. The first kappa shape index (κ1) is 26.2. The van der Waals surface area contributed by atoms with Gasteiger partial charge >= 0.3 is 5.97 Å². The molecule has 0 saturated carbocycles. The van der Waals surface area contributed by atoms with Gasteiger partial charge in [-0.15, -0.1) is 0 Å². The number of thiazole rings is 1. The Bertz CT molecular complexity index is 1950. The van der Waals surface area contributed by atoms with E-state index in [-0.39, 0.29) is 12.2 Å². The second-order valence-corrected chi connectivity index (χ2v) is 11.5. The van der Waals surface area contributed by atoms with E-state index in [9.17, 15) is 9.59 Å². The van der Waals surface area contributed by atoms with Gasteiger partial charge in [-0.2, -0.15) is 0 Å². The zero-order chi connectivity index (χ0) is 27.8. The summed E-state index contributed by atoms with van der Waals surface area (Å²) in [6.07, 6.45) is 4.03. The summed E-state index contributed by atoms with van der Waals surface area (Å²) < 4.78 is 10.8. The minimum Gasteiger partial charge on any atom is -0.463 e. The molecule has 3 aromatic carbocycles. The normalized spacial score (nSPS) is 15.3. The van der Waals surface area contributed by atoms with E-state index in [2.05, 4.69) is 51.0 Å². The van der Waals surface area contributed by atoms with Crippen LogP contribution in [0, 0.1) is 0 Å². The van der Waals surface area contributed by atoms with E-state index in [1.165, 1.54) is 16.9 Å². The lowest BCUT2D eigenvalue weighted by Crippen LogP contribution is -2.39. The van der Waals surface area contributed by atoms with Crippen LogP contribution in [-0.4, -0.2) is 21.7 Å². The first-order valence-electron chi connectivity index (χ1n) is 13.0. The molecule has 2 aromatic heterocycles. The predicted octanol–water partition coefficient (Wildman–Crippen LogP) is 5.56. The smallest absolute Gasteiger partial charge is 0.338 e. The number of allylic oxidation sites excluding steroid dienone is 1. The fourth-order valence-corrected chi connectivity index (χ4v) is 6.49. The van der Waals surface area contributed by atoms with Crippen molar-refractivity contribution in [2.45, 2.75) is 26.4 Å². The fourth-order valence-electron chi connectivity index (χ4n) is 5.19. The number of carbonyl (C=O) groups excluding carboxylic acids is 1. The van der Waals surface area contributed by atoms with Crippen molar-refractivity contribution in [3.63, 3.8) is 0 Å². The van der Waals surface area contributed by atoms with Crippen LogP contribution in [0.15, 0.2) is 111 Å². The van der Waals surface area contributed by atoms with Crippen molar-refractivity contribution in [2.75, 3.05) is 6.61 Å². The second kappa shape index (κ2) is 10.9. The molecule has 3 heterocycles. The molecule has 6 nitrogen and oxygen atoms in total. The van der Waals surface area contributed by atoms with E-state index in [0.717, 1.165) is 26.5 Å². The molecule has 0 spiro atoms. The quantitative estimate of drug-likeness (QED) is 0.236. The van der Waals surface area contributed by atoms with Gasteiger partial charge in [0, 0.05) is 33.7 Å². The van der Waals surface area contributed by atoms with Gasteiger partial charge in [-0.1, -0.05) is 87.9 Å². The summed E-state index contributed by atoms with van der Waals surface area (Å²) in [7, 11) is 0. The first-order valence-corrected chi connectivity index (χ1v) is 14.6. The molecule has 0 N–H and O–H groups in total. The molecule has 0 saturated heterocycles. The lowest BCUT2D eigenvalue weighted by molar-refractivity contribution is -0.139. The van der Waals surface area contributed by atoms with E-state index in [1.54, 1.807) is 18.4 Å². The van der Waals surface area contributed by atoms with Gasteiger partial charge in [0.15, 0.2) is 4.80 Å². The number of nitrogens with zero attached hydrogens (tertiary/aromatic N) is 3. The number of hydrogen-bond acceptors (Lipinski definition) is 5. The van der Waals surface area contributed by atoms with E-state index >= 15 is 0 Å². The van der Waals surface area contributed by atoms with Crippen LogP contribution in [0.3, 0.4) is 0 Å². The van der Waals surface area contributed by atoms with Crippen molar-refractivity contribution >= 4 is 50.2 Å². The SMILES string of the molecule is CCOC(=O)C1=C(C)N=c2s/c(=C/c3cn(Cc4ccc(Br)cc4)c4ccccc34)c(=O)n2[C@@H]1c1ccccc1. The molecule has 0 bridgehead atoms. The van der Waals surface area contributed by atoms with Crippen LogP contribution in [0.5, 0.6) is 0 Å². The van der Waals surface area contributed by atoms with E-state index in [4.69, 9.17) is 9.73 Å². The highest BCUT2D eigenvalue weighted by Gasteiger charge is 2.33. The Labute approximate surface area is 243 Å². The monoisotopic (exact) mass is 611 g/mol. The van der Waals surface area contributed by atoms with Crippen molar-refractivity contribution in [2.24, 2.45) is 4.99 Å². The summed E-state index contributed by atoms with van der Waals surface area (Å²) in [4.78, 5) is 32.3. The van der Waals surface area contributed by atoms with Crippen LogP contribution in [-0.2, 0) is 16.1 Å². The molecule has 0 aliphatic carbocycles. The van der Waals surface area contributed by atoms with Crippen LogP contribution < -0.4 is 14.9 Å². The highest BCUT2D eigenvalue weighted by atomic mass is 79.9. The van der Waals surface area contributed by atoms with Crippen molar-refractivity contribution in [3.05, 3.63) is 137 Å². The Morgan fingerprint density at radius 3 is 2.52 bits per heavy atom. The van der Waals surface area contributed by atoms with Crippen LogP contribution in [0.2, 0.25) is 0 Å². The summed E-state index contributed by atoms with van der Waals surface area (Å²) in [6, 6.07) is 25.5. The molecular formula is C32H26BrN3O3S. The molecule has 5 aromatic rings.